The molecule has 1 aromatic heterocycles. The molecule has 0 spiro atoms. The Labute approximate surface area is 117 Å². The molecule has 0 aliphatic rings. The molecule has 1 N–H and O–H groups in total. The van der Waals surface area contributed by atoms with Crippen LogP contribution in [0.15, 0.2) is 29.6 Å². The quantitative estimate of drug-likeness (QED) is 0.947. The lowest BCUT2D eigenvalue weighted by molar-refractivity contribution is 0.598. The topological polar surface area (TPSA) is 64.0 Å². The molecule has 1 heterocycles. The van der Waals surface area contributed by atoms with Crippen molar-refractivity contribution in [3.05, 3.63) is 40.8 Å². The van der Waals surface area contributed by atoms with Crippen LogP contribution in [-0.4, -0.2) is 18.0 Å². The van der Waals surface area contributed by atoms with Crippen molar-refractivity contribution in [2.24, 2.45) is 7.05 Å². The van der Waals surface area contributed by atoms with E-state index in [1.165, 1.54) is 10.9 Å². The second kappa shape index (κ2) is 4.86. The zero-order chi connectivity index (χ0) is 14.2. The molecule has 0 saturated carbocycles. The zero-order valence-electron chi connectivity index (χ0n) is 10.8. The number of sulfonamides is 1. The molecule has 0 atom stereocenters. The van der Waals surface area contributed by atoms with E-state index in [0.717, 1.165) is 11.1 Å². The summed E-state index contributed by atoms with van der Waals surface area (Å²) in [5.74, 6) is 0. The average molecular weight is 300 g/mol. The van der Waals surface area contributed by atoms with E-state index in [2.05, 4.69) is 9.71 Å². The number of hydrogen-bond acceptors (Lipinski definition) is 3. The molecule has 0 aliphatic carbocycles. The molecule has 0 radical (unpaired) electrons. The van der Waals surface area contributed by atoms with E-state index in [1.807, 2.05) is 26.0 Å². The van der Waals surface area contributed by atoms with Gasteiger partial charge >= 0.3 is 0 Å². The van der Waals surface area contributed by atoms with Gasteiger partial charge in [0, 0.05) is 7.05 Å². The summed E-state index contributed by atoms with van der Waals surface area (Å²) >= 11 is 5.91. The van der Waals surface area contributed by atoms with Crippen molar-refractivity contribution in [3.8, 4) is 0 Å². The van der Waals surface area contributed by atoms with Crippen molar-refractivity contribution in [3.63, 3.8) is 0 Å². The van der Waals surface area contributed by atoms with Crippen LogP contribution in [-0.2, 0) is 17.1 Å². The van der Waals surface area contributed by atoms with Crippen LogP contribution in [0.2, 0.25) is 5.15 Å². The van der Waals surface area contributed by atoms with Crippen LogP contribution in [0.4, 0.5) is 5.69 Å². The van der Waals surface area contributed by atoms with E-state index in [4.69, 9.17) is 11.6 Å². The highest BCUT2D eigenvalue weighted by atomic mass is 35.5. The van der Waals surface area contributed by atoms with Gasteiger partial charge in [-0.1, -0.05) is 29.3 Å². The highest BCUT2D eigenvalue weighted by Crippen LogP contribution is 2.23. The van der Waals surface area contributed by atoms with Crippen molar-refractivity contribution in [2.45, 2.75) is 18.9 Å². The Kier molecular flexibility index (Phi) is 3.56. The summed E-state index contributed by atoms with van der Waals surface area (Å²) in [6.07, 6.45) is 1.36. The predicted molar refractivity (Wildman–Crippen MR) is 74.9 cm³/mol. The molecule has 0 aliphatic heterocycles. The maximum atomic E-state index is 12.2. The van der Waals surface area contributed by atoms with Gasteiger partial charge in [0.15, 0.2) is 0 Å². The lowest BCUT2D eigenvalue weighted by Crippen LogP contribution is -2.14. The molecular weight excluding hydrogens is 286 g/mol. The van der Waals surface area contributed by atoms with E-state index < -0.39 is 10.0 Å². The van der Waals surface area contributed by atoms with Gasteiger partial charge in [-0.3, -0.25) is 4.72 Å². The van der Waals surface area contributed by atoms with Gasteiger partial charge < -0.3 is 4.57 Å². The van der Waals surface area contributed by atoms with Crippen LogP contribution in [0.3, 0.4) is 0 Å². The third kappa shape index (κ3) is 2.74. The minimum absolute atomic E-state index is 0.0808. The molecule has 0 bridgehead atoms. The second-order valence-electron chi connectivity index (χ2n) is 4.38. The fourth-order valence-corrected chi connectivity index (χ4v) is 3.26. The van der Waals surface area contributed by atoms with Crippen LogP contribution in [0.25, 0.3) is 0 Å². The minimum atomic E-state index is -3.77. The lowest BCUT2D eigenvalue weighted by Gasteiger charge is -2.10. The number of nitrogens with one attached hydrogen (secondary N) is 1. The summed E-state index contributed by atoms with van der Waals surface area (Å²) in [6, 6.07) is 5.46. The Hall–Kier alpha value is -1.53. The largest absolute Gasteiger partial charge is 0.324 e. The van der Waals surface area contributed by atoms with E-state index in [1.54, 1.807) is 13.1 Å². The number of nitrogens with zero attached hydrogens (tertiary/aromatic N) is 2. The summed E-state index contributed by atoms with van der Waals surface area (Å²) < 4.78 is 28.3. The molecule has 7 heteroatoms. The predicted octanol–water partition coefficient (Wildman–Crippen LogP) is 2.49. The molecule has 0 fully saturated rings. The third-order valence-corrected chi connectivity index (χ3v) is 4.57. The number of halogens is 1. The highest BCUT2D eigenvalue weighted by Gasteiger charge is 2.22. The Morgan fingerprint density at radius 3 is 2.53 bits per heavy atom. The van der Waals surface area contributed by atoms with E-state index in [0.29, 0.717) is 5.69 Å². The standard InChI is InChI=1S/C12H14ClN3O2S/c1-8-4-5-10(9(2)6-8)15-19(17,18)12-11(13)16(3)7-14-12/h4-7,15H,1-3H3. The lowest BCUT2D eigenvalue weighted by atomic mass is 10.1. The summed E-state index contributed by atoms with van der Waals surface area (Å²) in [7, 11) is -2.14. The third-order valence-electron chi connectivity index (χ3n) is 2.72. The smallest absolute Gasteiger partial charge is 0.282 e. The number of aryl methyl sites for hydroxylation is 3. The first-order chi connectivity index (χ1) is 8.81. The normalized spacial score (nSPS) is 11.6. The summed E-state index contributed by atoms with van der Waals surface area (Å²) in [5, 5.41) is -0.0890. The first kappa shape index (κ1) is 13.9. The maximum Gasteiger partial charge on any atom is 0.282 e. The van der Waals surface area contributed by atoms with Gasteiger partial charge in [-0.25, -0.2) is 4.98 Å². The van der Waals surface area contributed by atoms with Crippen LogP contribution >= 0.6 is 11.6 Å². The minimum Gasteiger partial charge on any atom is -0.324 e. The molecule has 2 rings (SSSR count). The van der Waals surface area contributed by atoms with Gasteiger partial charge in [-0.2, -0.15) is 8.42 Å². The molecule has 5 nitrogen and oxygen atoms in total. The van der Waals surface area contributed by atoms with Crippen LogP contribution < -0.4 is 4.72 Å². The highest BCUT2D eigenvalue weighted by molar-refractivity contribution is 7.92. The maximum absolute atomic E-state index is 12.2. The van der Waals surface area contributed by atoms with Gasteiger partial charge in [-0.15, -0.1) is 0 Å². The Morgan fingerprint density at radius 1 is 1.32 bits per heavy atom. The summed E-state index contributed by atoms with van der Waals surface area (Å²) in [4.78, 5) is 3.81. The van der Waals surface area contributed by atoms with Gasteiger partial charge in [-0.05, 0) is 25.5 Å². The van der Waals surface area contributed by atoms with Crippen molar-refractivity contribution in [1.82, 2.24) is 9.55 Å². The monoisotopic (exact) mass is 299 g/mol. The molecule has 19 heavy (non-hydrogen) atoms. The molecular formula is C12H14ClN3O2S. The first-order valence-corrected chi connectivity index (χ1v) is 7.44. The Bertz CT molecular complexity index is 723. The number of rotatable bonds is 3. The molecule has 0 amide bonds. The van der Waals surface area contributed by atoms with E-state index in [9.17, 15) is 8.42 Å². The van der Waals surface area contributed by atoms with E-state index >= 15 is 0 Å². The number of anilines is 1. The van der Waals surface area contributed by atoms with Gasteiger partial charge in [0.25, 0.3) is 10.0 Å². The number of aromatic nitrogens is 2. The molecule has 0 unspecified atom stereocenters. The Morgan fingerprint density at radius 2 is 2.00 bits per heavy atom. The number of hydrogen-bond donors (Lipinski definition) is 1. The fraction of sp³-hybridized carbons (Fsp3) is 0.250. The van der Waals surface area contributed by atoms with Gasteiger partial charge in [0.1, 0.15) is 5.15 Å². The Balaban J connectivity index is 2.39. The van der Waals surface area contributed by atoms with Crippen molar-refractivity contribution in [2.75, 3.05) is 4.72 Å². The molecule has 1 aromatic carbocycles. The molecule has 2 aromatic rings. The van der Waals surface area contributed by atoms with Crippen molar-refractivity contribution < 1.29 is 8.42 Å². The average Bonchev–Trinajstić information content (AvgIpc) is 2.64. The summed E-state index contributed by atoms with van der Waals surface area (Å²) in [5.41, 5.74) is 2.43. The second-order valence-corrected chi connectivity index (χ2v) is 6.33. The SMILES string of the molecule is Cc1ccc(NS(=O)(=O)c2ncn(C)c2Cl)c(C)c1. The van der Waals surface area contributed by atoms with Crippen LogP contribution in [0.1, 0.15) is 11.1 Å². The van der Waals surface area contributed by atoms with Gasteiger partial charge in [0.05, 0.1) is 12.0 Å². The molecule has 102 valence electrons. The van der Waals surface area contributed by atoms with Crippen LogP contribution in [0.5, 0.6) is 0 Å². The number of benzene rings is 1. The van der Waals surface area contributed by atoms with Crippen LogP contribution in [0, 0.1) is 13.8 Å². The number of imidazole rings is 1. The zero-order valence-corrected chi connectivity index (χ0v) is 12.4. The fourth-order valence-electron chi connectivity index (χ4n) is 1.70. The summed E-state index contributed by atoms with van der Waals surface area (Å²) in [6.45, 7) is 3.78. The first-order valence-electron chi connectivity index (χ1n) is 5.58. The van der Waals surface area contributed by atoms with Crippen molar-refractivity contribution in [1.29, 1.82) is 0 Å². The van der Waals surface area contributed by atoms with Gasteiger partial charge in [0.2, 0.25) is 5.03 Å². The molecule has 0 saturated heterocycles. The van der Waals surface area contributed by atoms with E-state index in [-0.39, 0.29) is 10.2 Å². The van der Waals surface area contributed by atoms with Crippen molar-refractivity contribution >= 4 is 27.3 Å².